The summed E-state index contributed by atoms with van der Waals surface area (Å²) in [6.07, 6.45) is 3.67. The largest absolute Gasteiger partial charge is 0.329 e. The molecule has 1 aromatic rings. The van der Waals surface area contributed by atoms with Crippen molar-refractivity contribution in [3.8, 4) is 0 Å². The molecule has 0 radical (unpaired) electrons. The summed E-state index contributed by atoms with van der Waals surface area (Å²) in [7, 11) is 0. The van der Waals surface area contributed by atoms with Crippen molar-refractivity contribution in [1.82, 2.24) is 9.36 Å². The lowest BCUT2D eigenvalue weighted by molar-refractivity contribution is 0.252. The van der Waals surface area contributed by atoms with E-state index < -0.39 is 0 Å². The van der Waals surface area contributed by atoms with Crippen molar-refractivity contribution in [2.75, 3.05) is 6.54 Å². The molecule has 0 atom stereocenters. The first-order chi connectivity index (χ1) is 6.68. The van der Waals surface area contributed by atoms with Gasteiger partial charge in [0.25, 0.3) is 0 Å². The molecule has 3 nitrogen and oxygen atoms in total. The summed E-state index contributed by atoms with van der Waals surface area (Å²) >= 11 is 1.54. The fraction of sp³-hybridized carbons (Fsp3) is 0.800. The van der Waals surface area contributed by atoms with Gasteiger partial charge in [-0.2, -0.15) is 4.37 Å². The van der Waals surface area contributed by atoms with E-state index in [2.05, 4.69) is 23.2 Å². The highest BCUT2D eigenvalue weighted by Gasteiger charge is 2.40. The van der Waals surface area contributed by atoms with E-state index in [1.807, 2.05) is 0 Å². The SMILES string of the molecule is CC(C)c1nsc(C2(CN)CCC2)n1. The molecule has 0 spiro atoms. The Kier molecular flexibility index (Phi) is 2.58. The van der Waals surface area contributed by atoms with Crippen molar-refractivity contribution >= 4 is 11.5 Å². The molecule has 1 fully saturated rings. The molecule has 1 aliphatic carbocycles. The fourth-order valence-corrected chi connectivity index (χ4v) is 2.84. The zero-order chi connectivity index (χ0) is 10.2. The van der Waals surface area contributed by atoms with Crippen LogP contribution in [0.4, 0.5) is 0 Å². The lowest BCUT2D eigenvalue weighted by atomic mass is 9.69. The van der Waals surface area contributed by atoms with Gasteiger partial charge in [-0.05, 0) is 24.4 Å². The van der Waals surface area contributed by atoms with E-state index >= 15 is 0 Å². The van der Waals surface area contributed by atoms with E-state index in [1.54, 1.807) is 11.5 Å². The van der Waals surface area contributed by atoms with Gasteiger partial charge in [0, 0.05) is 17.9 Å². The van der Waals surface area contributed by atoms with Gasteiger partial charge in [-0.3, -0.25) is 0 Å². The first-order valence-electron chi connectivity index (χ1n) is 5.22. The molecule has 14 heavy (non-hydrogen) atoms. The number of hydrogen-bond acceptors (Lipinski definition) is 4. The van der Waals surface area contributed by atoms with Gasteiger partial charge in [0.1, 0.15) is 10.8 Å². The van der Waals surface area contributed by atoms with Gasteiger partial charge in [-0.1, -0.05) is 20.3 Å². The summed E-state index contributed by atoms with van der Waals surface area (Å²) in [6, 6.07) is 0. The van der Waals surface area contributed by atoms with Crippen molar-refractivity contribution in [2.45, 2.75) is 44.4 Å². The Labute approximate surface area is 88.9 Å². The molecule has 2 N–H and O–H groups in total. The van der Waals surface area contributed by atoms with Gasteiger partial charge >= 0.3 is 0 Å². The topological polar surface area (TPSA) is 51.8 Å². The molecule has 1 saturated carbocycles. The van der Waals surface area contributed by atoms with Gasteiger partial charge in [-0.15, -0.1) is 0 Å². The highest BCUT2D eigenvalue weighted by atomic mass is 32.1. The Balaban J connectivity index is 2.23. The standard InChI is InChI=1S/C10H17N3S/c1-7(2)8-12-9(14-13-8)10(6-11)4-3-5-10/h7H,3-6,11H2,1-2H3. The summed E-state index contributed by atoms with van der Waals surface area (Å²) in [5.41, 5.74) is 6.01. The third kappa shape index (κ3) is 1.46. The summed E-state index contributed by atoms with van der Waals surface area (Å²) in [5, 5.41) is 1.16. The number of hydrogen-bond donors (Lipinski definition) is 1. The smallest absolute Gasteiger partial charge is 0.145 e. The van der Waals surface area contributed by atoms with Crippen LogP contribution in [0.3, 0.4) is 0 Å². The van der Waals surface area contributed by atoms with Crippen molar-refractivity contribution < 1.29 is 0 Å². The highest BCUT2D eigenvalue weighted by molar-refractivity contribution is 7.05. The lowest BCUT2D eigenvalue weighted by Gasteiger charge is -2.38. The van der Waals surface area contributed by atoms with Crippen LogP contribution in [0.1, 0.15) is 49.9 Å². The molecule has 4 heteroatoms. The second-order valence-corrected chi connectivity index (χ2v) is 5.20. The van der Waals surface area contributed by atoms with Crippen molar-refractivity contribution in [3.05, 3.63) is 10.8 Å². The normalized spacial score (nSPS) is 19.7. The van der Waals surface area contributed by atoms with Gasteiger partial charge in [0.05, 0.1) is 0 Å². The molecule has 1 aromatic heterocycles. The number of rotatable bonds is 3. The second kappa shape index (κ2) is 3.59. The average Bonchev–Trinajstić information content (AvgIpc) is 2.52. The van der Waals surface area contributed by atoms with Gasteiger partial charge in [0.2, 0.25) is 0 Å². The van der Waals surface area contributed by atoms with Crippen LogP contribution in [0.5, 0.6) is 0 Å². The average molecular weight is 211 g/mol. The molecule has 0 unspecified atom stereocenters. The molecular formula is C10H17N3S. The predicted octanol–water partition coefficient (Wildman–Crippen LogP) is 2.04. The van der Waals surface area contributed by atoms with Crippen LogP contribution in [-0.2, 0) is 5.41 Å². The monoisotopic (exact) mass is 211 g/mol. The minimum absolute atomic E-state index is 0.185. The summed E-state index contributed by atoms with van der Waals surface area (Å²) in [4.78, 5) is 4.60. The summed E-state index contributed by atoms with van der Waals surface area (Å²) in [5.74, 6) is 1.40. The zero-order valence-corrected chi connectivity index (χ0v) is 9.60. The van der Waals surface area contributed by atoms with Crippen LogP contribution in [-0.4, -0.2) is 15.9 Å². The molecule has 1 aliphatic rings. The minimum atomic E-state index is 0.185. The van der Waals surface area contributed by atoms with Crippen molar-refractivity contribution in [2.24, 2.45) is 5.73 Å². The van der Waals surface area contributed by atoms with Crippen LogP contribution < -0.4 is 5.73 Å². The Bertz CT molecular complexity index is 309. The Morgan fingerprint density at radius 2 is 2.21 bits per heavy atom. The maximum absolute atomic E-state index is 5.83. The molecule has 0 aliphatic heterocycles. The Morgan fingerprint density at radius 3 is 2.57 bits per heavy atom. The van der Waals surface area contributed by atoms with Crippen LogP contribution in [0.25, 0.3) is 0 Å². The van der Waals surface area contributed by atoms with E-state index in [-0.39, 0.29) is 5.41 Å². The zero-order valence-electron chi connectivity index (χ0n) is 8.79. The first kappa shape index (κ1) is 10.1. The van der Waals surface area contributed by atoms with E-state index in [4.69, 9.17) is 5.73 Å². The molecule has 0 saturated heterocycles. The molecule has 0 amide bonds. The minimum Gasteiger partial charge on any atom is -0.329 e. The molecular weight excluding hydrogens is 194 g/mol. The van der Waals surface area contributed by atoms with Crippen LogP contribution in [0, 0.1) is 0 Å². The van der Waals surface area contributed by atoms with Gasteiger partial charge in [0.15, 0.2) is 0 Å². The Morgan fingerprint density at radius 1 is 1.50 bits per heavy atom. The highest BCUT2D eigenvalue weighted by Crippen LogP contribution is 2.43. The molecule has 1 heterocycles. The Hall–Kier alpha value is -0.480. The summed E-state index contributed by atoms with van der Waals surface area (Å²) in [6.45, 7) is 4.98. The second-order valence-electron chi connectivity index (χ2n) is 4.45. The summed E-state index contributed by atoms with van der Waals surface area (Å²) < 4.78 is 4.39. The van der Waals surface area contributed by atoms with Gasteiger partial charge in [-0.25, -0.2) is 4.98 Å². The third-order valence-electron chi connectivity index (χ3n) is 3.11. The maximum atomic E-state index is 5.83. The van der Waals surface area contributed by atoms with Gasteiger partial charge < -0.3 is 5.73 Å². The first-order valence-corrected chi connectivity index (χ1v) is 5.99. The number of nitrogens with two attached hydrogens (primary N) is 1. The third-order valence-corrected chi connectivity index (χ3v) is 4.09. The van der Waals surface area contributed by atoms with E-state index in [0.717, 1.165) is 17.4 Å². The predicted molar refractivity (Wildman–Crippen MR) is 58.6 cm³/mol. The maximum Gasteiger partial charge on any atom is 0.145 e. The molecule has 0 bridgehead atoms. The van der Waals surface area contributed by atoms with E-state index in [1.165, 1.54) is 19.3 Å². The quantitative estimate of drug-likeness (QED) is 0.832. The number of nitrogens with zero attached hydrogens (tertiary/aromatic N) is 2. The molecule has 0 aromatic carbocycles. The number of aromatic nitrogens is 2. The molecule has 78 valence electrons. The lowest BCUT2D eigenvalue weighted by Crippen LogP contribution is -2.41. The van der Waals surface area contributed by atoms with Crippen molar-refractivity contribution in [3.63, 3.8) is 0 Å². The van der Waals surface area contributed by atoms with E-state index in [0.29, 0.717) is 5.92 Å². The van der Waals surface area contributed by atoms with Crippen molar-refractivity contribution in [1.29, 1.82) is 0 Å². The molecule has 2 rings (SSSR count). The van der Waals surface area contributed by atoms with E-state index in [9.17, 15) is 0 Å². The van der Waals surface area contributed by atoms with Crippen LogP contribution >= 0.6 is 11.5 Å². The van der Waals surface area contributed by atoms with Crippen LogP contribution in [0.15, 0.2) is 0 Å². The fourth-order valence-electron chi connectivity index (χ4n) is 1.79. The van der Waals surface area contributed by atoms with Crippen LogP contribution in [0.2, 0.25) is 0 Å².